The summed E-state index contributed by atoms with van der Waals surface area (Å²) in [4.78, 5) is 0. The van der Waals surface area contributed by atoms with E-state index in [1.165, 1.54) is 7.11 Å². The van der Waals surface area contributed by atoms with Crippen LogP contribution in [0.4, 0.5) is 4.39 Å². The van der Waals surface area contributed by atoms with Crippen LogP contribution in [0.25, 0.3) is 0 Å². The van der Waals surface area contributed by atoms with Crippen molar-refractivity contribution in [2.75, 3.05) is 7.11 Å². The Morgan fingerprint density at radius 1 is 1.25 bits per heavy atom. The van der Waals surface area contributed by atoms with Crippen molar-refractivity contribution in [1.29, 1.82) is 0 Å². The smallest absolute Gasteiger partial charge is 0.147 e. The highest BCUT2D eigenvalue weighted by molar-refractivity contribution is 9.10. The molecule has 0 aromatic heterocycles. The molecule has 0 fully saturated rings. The molecule has 3 rings (SSSR count). The van der Waals surface area contributed by atoms with Crippen molar-refractivity contribution >= 4 is 15.9 Å². The molecule has 1 aliphatic heterocycles. The average molecular weight is 339 g/mol. The molecule has 1 atom stereocenters. The van der Waals surface area contributed by atoms with Crippen molar-refractivity contribution in [3.63, 3.8) is 0 Å². The van der Waals surface area contributed by atoms with Gasteiger partial charge in [0.05, 0.1) is 17.1 Å². The molecule has 0 radical (unpaired) electrons. The largest absolute Gasteiger partial charge is 0.497 e. The van der Waals surface area contributed by atoms with Crippen molar-refractivity contribution in [3.05, 3.63) is 51.7 Å². The molecule has 0 saturated carbocycles. The van der Waals surface area contributed by atoms with Crippen LogP contribution in [-0.4, -0.2) is 12.2 Å². The fraction of sp³-hybridized carbons (Fsp3) is 0.200. The van der Waals surface area contributed by atoms with Crippen molar-refractivity contribution in [3.8, 4) is 17.2 Å². The molecule has 20 heavy (non-hydrogen) atoms. The van der Waals surface area contributed by atoms with Crippen LogP contribution in [0.15, 0.2) is 34.8 Å². The summed E-state index contributed by atoms with van der Waals surface area (Å²) >= 11 is 3.13. The standard InChI is InChI=1S/C15H12BrFO3/c1-15(18)9-7-8(19-2)3-5-11(9)20-12-6-4-10(16)14(17)13(12)15/h3-7,18H,1-2H3/t15-/m0/s1. The number of rotatable bonds is 1. The number of ether oxygens (including phenoxy) is 2. The number of benzene rings is 2. The molecular weight excluding hydrogens is 327 g/mol. The molecule has 0 aliphatic carbocycles. The van der Waals surface area contributed by atoms with Crippen LogP contribution < -0.4 is 9.47 Å². The van der Waals surface area contributed by atoms with E-state index in [1.807, 2.05) is 0 Å². The first-order valence-electron chi connectivity index (χ1n) is 6.02. The Kier molecular flexibility index (Phi) is 2.99. The Bertz CT molecular complexity index is 698. The van der Waals surface area contributed by atoms with Crippen molar-refractivity contribution in [2.45, 2.75) is 12.5 Å². The van der Waals surface area contributed by atoms with E-state index >= 15 is 0 Å². The number of fused-ring (bicyclic) bond motifs is 2. The molecule has 1 aliphatic rings. The topological polar surface area (TPSA) is 38.7 Å². The monoisotopic (exact) mass is 338 g/mol. The second-order valence-corrected chi connectivity index (χ2v) is 5.63. The molecule has 2 aromatic rings. The molecule has 0 saturated heterocycles. The highest BCUT2D eigenvalue weighted by Gasteiger charge is 2.39. The third-order valence-corrected chi connectivity index (χ3v) is 4.09. The predicted octanol–water partition coefficient (Wildman–Crippen LogP) is 3.96. The summed E-state index contributed by atoms with van der Waals surface area (Å²) in [6.07, 6.45) is 0. The van der Waals surface area contributed by atoms with E-state index in [1.54, 1.807) is 37.3 Å². The first-order chi connectivity index (χ1) is 9.45. The summed E-state index contributed by atoms with van der Waals surface area (Å²) in [6, 6.07) is 8.27. The first-order valence-corrected chi connectivity index (χ1v) is 6.81. The van der Waals surface area contributed by atoms with E-state index in [4.69, 9.17) is 9.47 Å². The van der Waals surface area contributed by atoms with Gasteiger partial charge >= 0.3 is 0 Å². The molecule has 0 amide bonds. The molecule has 2 aromatic carbocycles. The number of aliphatic hydroxyl groups is 1. The normalized spacial score (nSPS) is 19.9. The van der Waals surface area contributed by atoms with Gasteiger partial charge in [-0.2, -0.15) is 0 Å². The van der Waals surface area contributed by atoms with Gasteiger partial charge in [0, 0.05) is 5.56 Å². The Balaban J connectivity index is 2.27. The molecule has 0 spiro atoms. The van der Waals surface area contributed by atoms with E-state index in [-0.39, 0.29) is 10.0 Å². The van der Waals surface area contributed by atoms with E-state index < -0.39 is 11.4 Å². The van der Waals surface area contributed by atoms with Crippen molar-refractivity contribution in [1.82, 2.24) is 0 Å². The molecule has 3 nitrogen and oxygen atoms in total. The van der Waals surface area contributed by atoms with Crippen molar-refractivity contribution < 1.29 is 19.0 Å². The molecule has 1 heterocycles. The highest BCUT2D eigenvalue weighted by atomic mass is 79.9. The van der Waals surface area contributed by atoms with Crippen LogP contribution in [0.3, 0.4) is 0 Å². The zero-order chi connectivity index (χ0) is 14.5. The Morgan fingerprint density at radius 3 is 2.65 bits per heavy atom. The Labute approximate surface area is 124 Å². The third kappa shape index (κ3) is 1.81. The van der Waals surface area contributed by atoms with Gasteiger partial charge < -0.3 is 14.6 Å². The summed E-state index contributed by atoms with van der Waals surface area (Å²) in [5, 5.41) is 10.8. The highest BCUT2D eigenvalue weighted by Crippen LogP contribution is 2.49. The minimum absolute atomic E-state index is 0.118. The van der Waals surface area contributed by atoms with Gasteiger partial charge in [-0.05, 0) is 53.2 Å². The molecule has 0 unspecified atom stereocenters. The molecule has 1 N–H and O–H groups in total. The van der Waals surface area contributed by atoms with Crippen LogP contribution in [-0.2, 0) is 5.60 Å². The summed E-state index contributed by atoms with van der Waals surface area (Å²) in [5.41, 5.74) is -0.903. The average Bonchev–Trinajstić information content (AvgIpc) is 2.42. The summed E-state index contributed by atoms with van der Waals surface area (Å²) in [5.74, 6) is 0.853. The van der Waals surface area contributed by atoms with E-state index in [2.05, 4.69) is 15.9 Å². The van der Waals surface area contributed by atoms with Gasteiger partial charge in [-0.25, -0.2) is 4.39 Å². The number of halogens is 2. The zero-order valence-electron chi connectivity index (χ0n) is 10.9. The fourth-order valence-corrected chi connectivity index (χ4v) is 2.76. The lowest BCUT2D eigenvalue weighted by Crippen LogP contribution is -2.29. The third-order valence-electron chi connectivity index (χ3n) is 3.47. The summed E-state index contributed by atoms with van der Waals surface area (Å²) < 4.78 is 25.4. The van der Waals surface area contributed by atoms with Crippen LogP contribution in [0.5, 0.6) is 17.2 Å². The van der Waals surface area contributed by atoms with Gasteiger partial charge in [0.1, 0.15) is 28.7 Å². The van der Waals surface area contributed by atoms with Crippen LogP contribution in [0.1, 0.15) is 18.1 Å². The maximum Gasteiger partial charge on any atom is 0.147 e. The molecular formula is C15H12BrFO3. The van der Waals surface area contributed by atoms with Crippen molar-refractivity contribution in [2.24, 2.45) is 0 Å². The summed E-state index contributed by atoms with van der Waals surface area (Å²) in [6.45, 7) is 1.54. The van der Waals surface area contributed by atoms with Gasteiger partial charge in [0.2, 0.25) is 0 Å². The quantitative estimate of drug-likeness (QED) is 0.855. The van der Waals surface area contributed by atoms with Crippen LogP contribution >= 0.6 is 15.9 Å². The van der Waals surface area contributed by atoms with Gasteiger partial charge in [0.15, 0.2) is 0 Å². The lowest BCUT2D eigenvalue weighted by molar-refractivity contribution is 0.0851. The second kappa shape index (κ2) is 4.46. The fourth-order valence-electron chi connectivity index (χ4n) is 2.43. The summed E-state index contributed by atoms with van der Waals surface area (Å²) in [7, 11) is 1.53. The van der Waals surface area contributed by atoms with Crippen LogP contribution in [0, 0.1) is 5.82 Å². The van der Waals surface area contributed by atoms with Gasteiger partial charge in [-0.3, -0.25) is 0 Å². The molecule has 5 heteroatoms. The SMILES string of the molecule is COc1ccc2c(c1)[C@](C)(O)c1c(ccc(Br)c1F)O2. The van der Waals surface area contributed by atoms with E-state index in [9.17, 15) is 9.50 Å². The van der Waals surface area contributed by atoms with E-state index in [0.29, 0.717) is 22.8 Å². The van der Waals surface area contributed by atoms with Gasteiger partial charge in [-0.1, -0.05) is 0 Å². The lowest BCUT2D eigenvalue weighted by atomic mass is 9.84. The maximum absolute atomic E-state index is 14.3. The maximum atomic E-state index is 14.3. The number of hydrogen-bond acceptors (Lipinski definition) is 3. The van der Waals surface area contributed by atoms with Gasteiger partial charge in [-0.15, -0.1) is 0 Å². The lowest BCUT2D eigenvalue weighted by Gasteiger charge is -2.33. The van der Waals surface area contributed by atoms with Crippen LogP contribution in [0.2, 0.25) is 0 Å². The predicted molar refractivity (Wildman–Crippen MR) is 75.8 cm³/mol. The number of hydrogen-bond donors (Lipinski definition) is 1. The minimum atomic E-state index is -1.49. The zero-order valence-corrected chi connectivity index (χ0v) is 12.5. The Morgan fingerprint density at radius 2 is 1.95 bits per heavy atom. The second-order valence-electron chi connectivity index (χ2n) is 4.77. The minimum Gasteiger partial charge on any atom is -0.497 e. The van der Waals surface area contributed by atoms with Gasteiger partial charge in [0.25, 0.3) is 0 Å². The van der Waals surface area contributed by atoms with E-state index in [0.717, 1.165) is 0 Å². The molecule has 104 valence electrons. The number of methoxy groups -OCH3 is 1. The first kappa shape index (κ1) is 13.4. The molecule has 0 bridgehead atoms. The Hall–Kier alpha value is -1.59.